The molecule has 0 saturated carbocycles. The summed E-state index contributed by atoms with van der Waals surface area (Å²) in [5, 5.41) is 8.90. The highest BCUT2D eigenvalue weighted by atomic mass is 16.5. The Kier molecular flexibility index (Phi) is 3.86. The number of methoxy groups -OCH3 is 2. The number of hydrogen-bond donors (Lipinski definition) is 1. The van der Waals surface area contributed by atoms with Gasteiger partial charge in [0.15, 0.2) is 0 Å². The molecule has 0 fully saturated rings. The van der Waals surface area contributed by atoms with Crippen molar-refractivity contribution in [1.82, 2.24) is 0 Å². The van der Waals surface area contributed by atoms with E-state index < -0.39 is 5.97 Å². The molecular formula is C11H12N2O3. The second-order valence-electron chi connectivity index (χ2n) is 2.99. The Morgan fingerprint density at radius 1 is 1.50 bits per heavy atom. The van der Waals surface area contributed by atoms with Crippen molar-refractivity contribution in [3.63, 3.8) is 0 Å². The summed E-state index contributed by atoms with van der Waals surface area (Å²) in [6.45, 7) is 0.221. The van der Waals surface area contributed by atoms with Crippen molar-refractivity contribution < 1.29 is 14.3 Å². The number of benzene rings is 1. The van der Waals surface area contributed by atoms with Crippen LogP contribution in [-0.2, 0) is 11.3 Å². The number of esters is 1. The van der Waals surface area contributed by atoms with Gasteiger partial charge in [0.05, 0.1) is 19.8 Å². The lowest BCUT2D eigenvalue weighted by molar-refractivity contribution is 0.0596. The van der Waals surface area contributed by atoms with Crippen LogP contribution in [0.4, 0.5) is 0 Å². The first-order chi connectivity index (χ1) is 7.69. The number of carbonyl (C=O) groups excluding carboxylic acids is 1. The summed E-state index contributed by atoms with van der Waals surface area (Å²) in [7, 11) is 2.67. The van der Waals surface area contributed by atoms with Gasteiger partial charge in [0.25, 0.3) is 0 Å². The van der Waals surface area contributed by atoms with E-state index in [0.29, 0.717) is 11.3 Å². The third-order valence-electron chi connectivity index (χ3n) is 2.17. The van der Waals surface area contributed by atoms with Crippen LogP contribution in [0.3, 0.4) is 0 Å². The number of nitrogens with two attached hydrogens (primary N) is 1. The zero-order valence-corrected chi connectivity index (χ0v) is 9.11. The van der Waals surface area contributed by atoms with Crippen LogP contribution in [-0.4, -0.2) is 20.2 Å². The fraction of sp³-hybridized carbons (Fsp3) is 0.273. The number of ether oxygens (including phenoxy) is 2. The van der Waals surface area contributed by atoms with Crippen LogP contribution in [0.2, 0.25) is 0 Å². The van der Waals surface area contributed by atoms with E-state index >= 15 is 0 Å². The predicted octanol–water partition coefficient (Wildman–Crippen LogP) is 0.812. The first-order valence-corrected chi connectivity index (χ1v) is 4.57. The van der Waals surface area contributed by atoms with E-state index in [2.05, 4.69) is 4.74 Å². The summed E-state index contributed by atoms with van der Waals surface area (Å²) in [6.07, 6.45) is 0. The zero-order chi connectivity index (χ0) is 12.1. The Balaban J connectivity index is 3.50. The molecule has 0 heterocycles. The van der Waals surface area contributed by atoms with E-state index in [1.165, 1.54) is 20.3 Å². The fourth-order valence-corrected chi connectivity index (χ4v) is 1.42. The third kappa shape index (κ3) is 1.97. The summed E-state index contributed by atoms with van der Waals surface area (Å²) in [6, 6.07) is 5.10. The molecule has 0 aliphatic heterocycles. The summed E-state index contributed by atoms with van der Waals surface area (Å²) in [5.74, 6) is -0.308. The van der Waals surface area contributed by atoms with Crippen LogP contribution < -0.4 is 10.5 Å². The van der Waals surface area contributed by atoms with Crippen molar-refractivity contribution in [3.8, 4) is 11.8 Å². The van der Waals surface area contributed by atoms with Gasteiger partial charge in [-0.2, -0.15) is 5.26 Å². The van der Waals surface area contributed by atoms with Crippen molar-refractivity contribution in [1.29, 1.82) is 5.26 Å². The molecule has 16 heavy (non-hydrogen) atoms. The molecule has 5 heteroatoms. The quantitative estimate of drug-likeness (QED) is 0.762. The molecule has 0 bridgehead atoms. The largest absolute Gasteiger partial charge is 0.495 e. The molecule has 1 aromatic rings. The van der Waals surface area contributed by atoms with Crippen LogP contribution in [0.25, 0.3) is 0 Å². The minimum atomic E-state index is -0.608. The smallest absolute Gasteiger partial charge is 0.343 e. The highest BCUT2D eigenvalue weighted by Crippen LogP contribution is 2.27. The molecule has 0 amide bonds. The van der Waals surface area contributed by atoms with Crippen molar-refractivity contribution >= 4 is 5.97 Å². The summed E-state index contributed by atoms with van der Waals surface area (Å²) in [4.78, 5) is 11.5. The first-order valence-electron chi connectivity index (χ1n) is 4.57. The maximum Gasteiger partial charge on any atom is 0.343 e. The van der Waals surface area contributed by atoms with Crippen molar-refractivity contribution in [2.24, 2.45) is 5.73 Å². The van der Waals surface area contributed by atoms with Crippen LogP contribution in [0.1, 0.15) is 21.5 Å². The Morgan fingerprint density at radius 3 is 2.62 bits per heavy atom. The molecule has 0 aromatic heterocycles. The molecule has 0 aliphatic carbocycles. The van der Waals surface area contributed by atoms with Gasteiger partial charge in [-0.05, 0) is 6.07 Å². The molecule has 2 N–H and O–H groups in total. The van der Waals surface area contributed by atoms with Crippen LogP contribution in [0.5, 0.6) is 5.75 Å². The van der Waals surface area contributed by atoms with E-state index in [-0.39, 0.29) is 17.7 Å². The highest BCUT2D eigenvalue weighted by molar-refractivity contribution is 5.95. The Morgan fingerprint density at radius 2 is 2.19 bits per heavy atom. The standard InChI is InChI=1S/C11H12N2O3/c1-15-10-8(6-13)4-3-7(5-12)9(10)11(14)16-2/h3-4H,6,13H2,1-2H3. The highest BCUT2D eigenvalue weighted by Gasteiger charge is 2.20. The third-order valence-corrected chi connectivity index (χ3v) is 2.17. The SMILES string of the molecule is COC(=O)c1c(C#N)ccc(CN)c1OC. The van der Waals surface area contributed by atoms with Crippen LogP contribution in [0.15, 0.2) is 12.1 Å². The van der Waals surface area contributed by atoms with Gasteiger partial charge in [-0.1, -0.05) is 6.07 Å². The number of nitriles is 1. The molecule has 1 rings (SSSR count). The normalized spacial score (nSPS) is 9.38. The van der Waals surface area contributed by atoms with Gasteiger partial charge >= 0.3 is 5.97 Å². The molecule has 0 aliphatic rings. The molecule has 0 saturated heterocycles. The van der Waals surface area contributed by atoms with E-state index in [0.717, 1.165) is 0 Å². The van der Waals surface area contributed by atoms with Crippen LogP contribution in [0, 0.1) is 11.3 Å². The summed E-state index contributed by atoms with van der Waals surface area (Å²) >= 11 is 0. The predicted molar refractivity (Wildman–Crippen MR) is 56.9 cm³/mol. The Bertz CT molecular complexity index is 449. The number of rotatable bonds is 3. The molecule has 5 nitrogen and oxygen atoms in total. The number of nitrogens with zero attached hydrogens (tertiary/aromatic N) is 1. The van der Waals surface area contributed by atoms with E-state index in [9.17, 15) is 4.79 Å². The van der Waals surface area contributed by atoms with Crippen molar-refractivity contribution in [2.75, 3.05) is 14.2 Å². The molecular weight excluding hydrogens is 208 g/mol. The molecule has 0 unspecified atom stereocenters. The number of carbonyl (C=O) groups is 1. The van der Waals surface area contributed by atoms with Crippen molar-refractivity contribution in [2.45, 2.75) is 6.54 Å². The fourth-order valence-electron chi connectivity index (χ4n) is 1.42. The maximum absolute atomic E-state index is 11.5. The molecule has 1 aromatic carbocycles. The lowest BCUT2D eigenvalue weighted by atomic mass is 10.0. The van der Waals surface area contributed by atoms with E-state index in [1.807, 2.05) is 6.07 Å². The summed E-state index contributed by atoms with van der Waals surface area (Å²) < 4.78 is 9.71. The first kappa shape index (κ1) is 12.0. The molecule has 0 atom stereocenters. The second-order valence-corrected chi connectivity index (χ2v) is 2.99. The van der Waals surface area contributed by atoms with Gasteiger partial charge < -0.3 is 15.2 Å². The summed E-state index contributed by atoms with van der Waals surface area (Å²) in [5.41, 5.74) is 6.50. The van der Waals surface area contributed by atoms with E-state index in [4.69, 9.17) is 15.7 Å². The molecule has 84 valence electrons. The van der Waals surface area contributed by atoms with Gasteiger partial charge in [-0.15, -0.1) is 0 Å². The Labute approximate surface area is 93.4 Å². The van der Waals surface area contributed by atoms with Gasteiger partial charge in [-0.25, -0.2) is 4.79 Å². The van der Waals surface area contributed by atoms with Gasteiger partial charge in [0.2, 0.25) is 0 Å². The lowest BCUT2D eigenvalue weighted by Crippen LogP contribution is -2.10. The Hall–Kier alpha value is -2.06. The van der Waals surface area contributed by atoms with Crippen LogP contribution >= 0.6 is 0 Å². The molecule has 0 spiro atoms. The van der Waals surface area contributed by atoms with Gasteiger partial charge in [0.1, 0.15) is 17.4 Å². The topological polar surface area (TPSA) is 85.3 Å². The maximum atomic E-state index is 11.5. The van der Waals surface area contributed by atoms with Crippen molar-refractivity contribution in [3.05, 3.63) is 28.8 Å². The average Bonchev–Trinajstić information content (AvgIpc) is 2.35. The van der Waals surface area contributed by atoms with Gasteiger partial charge in [-0.3, -0.25) is 0 Å². The minimum absolute atomic E-state index is 0.121. The zero-order valence-electron chi connectivity index (χ0n) is 9.11. The van der Waals surface area contributed by atoms with Gasteiger partial charge in [0, 0.05) is 12.1 Å². The molecule has 0 radical (unpaired) electrons. The number of hydrogen-bond acceptors (Lipinski definition) is 5. The average molecular weight is 220 g/mol. The minimum Gasteiger partial charge on any atom is -0.495 e. The van der Waals surface area contributed by atoms with E-state index in [1.54, 1.807) is 6.07 Å². The second kappa shape index (κ2) is 5.14. The lowest BCUT2D eigenvalue weighted by Gasteiger charge is -2.12. The monoisotopic (exact) mass is 220 g/mol.